The molecule has 8 heavy (non-hydrogen) atoms. The van der Waals surface area contributed by atoms with Crippen LogP contribution in [0.5, 0.6) is 0 Å². The van der Waals surface area contributed by atoms with Gasteiger partial charge >= 0.3 is 0 Å². The van der Waals surface area contributed by atoms with E-state index in [0.717, 1.165) is 6.42 Å². The monoisotopic (exact) mass is 113 g/mol. The SMILES string of the molecule is C/C=C(\C)C(N)CC. The number of hydrogen-bond acceptors (Lipinski definition) is 1. The lowest BCUT2D eigenvalue weighted by Crippen LogP contribution is -2.19. The number of hydrogen-bond donors (Lipinski definition) is 1. The van der Waals surface area contributed by atoms with Crippen LogP contribution >= 0.6 is 0 Å². The largest absolute Gasteiger partial charge is 0.324 e. The Bertz CT molecular complexity index is 84.4. The minimum absolute atomic E-state index is 0.278. The summed E-state index contributed by atoms with van der Waals surface area (Å²) in [7, 11) is 0. The number of rotatable bonds is 2. The Hall–Kier alpha value is -0.300. The zero-order valence-electron chi connectivity index (χ0n) is 5.94. The molecule has 0 saturated heterocycles. The van der Waals surface area contributed by atoms with Crippen LogP contribution in [0.1, 0.15) is 27.2 Å². The maximum atomic E-state index is 5.66. The van der Waals surface area contributed by atoms with Gasteiger partial charge in [0.25, 0.3) is 0 Å². The molecule has 0 bridgehead atoms. The Labute approximate surface area is 51.6 Å². The lowest BCUT2D eigenvalue weighted by Gasteiger charge is -2.06. The van der Waals surface area contributed by atoms with E-state index in [1.165, 1.54) is 5.57 Å². The zero-order valence-corrected chi connectivity index (χ0v) is 5.94. The summed E-state index contributed by atoms with van der Waals surface area (Å²) < 4.78 is 0. The van der Waals surface area contributed by atoms with E-state index in [9.17, 15) is 0 Å². The third-order valence-corrected chi connectivity index (χ3v) is 1.48. The molecule has 0 aromatic carbocycles. The van der Waals surface area contributed by atoms with E-state index in [1.54, 1.807) is 0 Å². The average molecular weight is 113 g/mol. The van der Waals surface area contributed by atoms with Crippen molar-refractivity contribution in [2.75, 3.05) is 0 Å². The number of allylic oxidation sites excluding steroid dienone is 1. The first-order valence-electron chi connectivity index (χ1n) is 3.10. The number of nitrogens with two attached hydrogens (primary N) is 1. The molecule has 0 aliphatic heterocycles. The molecule has 1 unspecified atom stereocenters. The zero-order chi connectivity index (χ0) is 6.57. The third-order valence-electron chi connectivity index (χ3n) is 1.48. The maximum Gasteiger partial charge on any atom is 0.0248 e. The molecule has 1 nitrogen and oxygen atoms in total. The highest BCUT2D eigenvalue weighted by atomic mass is 14.6. The second-order valence-corrected chi connectivity index (χ2v) is 2.05. The van der Waals surface area contributed by atoms with E-state index < -0.39 is 0 Å². The normalized spacial score (nSPS) is 16.2. The van der Waals surface area contributed by atoms with Gasteiger partial charge in [0, 0.05) is 6.04 Å². The van der Waals surface area contributed by atoms with Crippen molar-refractivity contribution >= 4 is 0 Å². The van der Waals surface area contributed by atoms with Gasteiger partial charge in [-0.3, -0.25) is 0 Å². The first-order valence-corrected chi connectivity index (χ1v) is 3.10. The quantitative estimate of drug-likeness (QED) is 0.542. The minimum atomic E-state index is 0.278. The highest BCUT2D eigenvalue weighted by Crippen LogP contribution is 2.00. The molecule has 1 atom stereocenters. The van der Waals surface area contributed by atoms with Gasteiger partial charge in [-0.15, -0.1) is 0 Å². The predicted octanol–water partition coefficient (Wildman–Crippen LogP) is 1.69. The van der Waals surface area contributed by atoms with Gasteiger partial charge in [-0.1, -0.05) is 18.6 Å². The van der Waals surface area contributed by atoms with Crippen LogP contribution in [0, 0.1) is 0 Å². The molecule has 0 rings (SSSR count). The smallest absolute Gasteiger partial charge is 0.0248 e. The fourth-order valence-corrected chi connectivity index (χ4v) is 0.536. The van der Waals surface area contributed by atoms with E-state index in [0.29, 0.717) is 0 Å². The highest BCUT2D eigenvalue weighted by Gasteiger charge is 1.96. The van der Waals surface area contributed by atoms with Gasteiger partial charge in [0.05, 0.1) is 0 Å². The molecule has 0 aromatic rings. The van der Waals surface area contributed by atoms with Crippen LogP contribution in [0.2, 0.25) is 0 Å². The van der Waals surface area contributed by atoms with Gasteiger partial charge in [-0.05, 0) is 20.3 Å². The summed E-state index contributed by atoms with van der Waals surface area (Å²) in [5, 5.41) is 0. The van der Waals surface area contributed by atoms with Crippen molar-refractivity contribution in [1.29, 1.82) is 0 Å². The molecular formula is C7H15N. The van der Waals surface area contributed by atoms with Gasteiger partial charge in [-0.2, -0.15) is 0 Å². The summed E-state index contributed by atoms with van der Waals surface area (Å²) >= 11 is 0. The summed E-state index contributed by atoms with van der Waals surface area (Å²) in [6.45, 7) is 6.18. The predicted molar refractivity (Wildman–Crippen MR) is 37.7 cm³/mol. The Morgan fingerprint density at radius 1 is 1.75 bits per heavy atom. The third kappa shape index (κ3) is 2.12. The molecule has 0 saturated carbocycles. The van der Waals surface area contributed by atoms with Crippen LogP contribution in [-0.4, -0.2) is 6.04 Å². The fourth-order valence-electron chi connectivity index (χ4n) is 0.536. The molecule has 0 fully saturated rings. The van der Waals surface area contributed by atoms with E-state index in [4.69, 9.17) is 5.73 Å². The van der Waals surface area contributed by atoms with Crippen molar-refractivity contribution in [3.05, 3.63) is 11.6 Å². The van der Waals surface area contributed by atoms with E-state index in [2.05, 4.69) is 19.9 Å². The van der Waals surface area contributed by atoms with Crippen molar-refractivity contribution in [3.8, 4) is 0 Å². The Morgan fingerprint density at radius 3 is 2.38 bits per heavy atom. The van der Waals surface area contributed by atoms with Crippen LogP contribution in [0.25, 0.3) is 0 Å². The lowest BCUT2D eigenvalue weighted by molar-refractivity contribution is 0.738. The van der Waals surface area contributed by atoms with Crippen LogP contribution < -0.4 is 5.73 Å². The standard InChI is InChI=1S/C7H15N/c1-4-6(3)7(8)5-2/h4,7H,5,8H2,1-3H3/b6-4+. The Balaban J connectivity index is 3.63. The molecule has 0 amide bonds. The van der Waals surface area contributed by atoms with Crippen molar-refractivity contribution in [1.82, 2.24) is 0 Å². The molecule has 0 aliphatic carbocycles. The molecule has 0 spiro atoms. The second-order valence-electron chi connectivity index (χ2n) is 2.05. The van der Waals surface area contributed by atoms with Gasteiger partial charge in [0.15, 0.2) is 0 Å². The molecular weight excluding hydrogens is 98.1 g/mol. The molecule has 0 aliphatic rings. The van der Waals surface area contributed by atoms with E-state index in [-0.39, 0.29) is 6.04 Å². The molecule has 0 aromatic heterocycles. The van der Waals surface area contributed by atoms with Gasteiger partial charge in [-0.25, -0.2) is 0 Å². The van der Waals surface area contributed by atoms with Gasteiger partial charge in [0.2, 0.25) is 0 Å². The van der Waals surface area contributed by atoms with Gasteiger partial charge < -0.3 is 5.73 Å². The fraction of sp³-hybridized carbons (Fsp3) is 0.714. The summed E-state index contributed by atoms with van der Waals surface area (Å²) in [6.07, 6.45) is 3.10. The first-order chi connectivity index (χ1) is 3.72. The molecule has 48 valence electrons. The average Bonchev–Trinajstić information content (AvgIpc) is 1.84. The van der Waals surface area contributed by atoms with E-state index >= 15 is 0 Å². The topological polar surface area (TPSA) is 26.0 Å². The van der Waals surface area contributed by atoms with Crippen molar-refractivity contribution in [3.63, 3.8) is 0 Å². The summed E-state index contributed by atoms with van der Waals surface area (Å²) in [4.78, 5) is 0. The maximum absolute atomic E-state index is 5.66. The van der Waals surface area contributed by atoms with Crippen molar-refractivity contribution in [2.45, 2.75) is 33.2 Å². The Kier molecular flexibility index (Phi) is 3.53. The molecule has 0 heterocycles. The van der Waals surface area contributed by atoms with Crippen LogP contribution in [-0.2, 0) is 0 Å². The summed E-state index contributed by atoms with van der Waals surface area (Å²) in [5.41, 5.74) is 6.94. The highest BCUT2D eigenvalue weighted by molar-refractivity contribution is 5.04. The first kappa shape index (κ1) is 7.70. The second kappa shape index (κ2) is 3.67. The summed E-state index contributed by atoms with van der Waals surface area (Å²) in [5.74, 6) is 0. The van der Waals surface area contributed by atoms with E-state index in [1.807, 2.05) is 6.92 Å². The lowest BCUT2D eigenvalue weighted by atomic mass is 10.1. The minimum Gasteiger partial charge on any atom is -0.324 e. The molecule has 2 N–H and O–H groups in total. The summed E-state index contributed by atoms with van der Waals surface area (Å²) in [6, 6.07) is 0.278. The van der Waals surface area contributed by atoms with Crippen LogP contribution in [0.3, 0.4) is 0 Å². The van der Waals surface area contributed by atoms with Crippen molar-refractivity contribution < 1.29 is 0 Å². The van der Waals surface area contributed by atoms with Crippen molar-refractivity contribution in [2.24, 2.45) is 5.73 Å². The molecule has 1 heteroatoms. The van der Waals surface area contributed by atoms with Crippen LogP contribution in [0.4, 0.5) is 0 Å². The van der Waals surface area contributed by atoms with Gasteiger partial charge in [0.1, 0.15) is 0 Å². The molecule has 0 radical (unpaired) electrons. The van der Waals surface area contributed by atoms with Crippen LogP contribution in [0.15, 0.2) is 11.6 Å². The Morgan fingerprint density at radius 2 is 2.25 bits per heavy atom.